The molecule has 2 atom stereocenters. The smallest absolute Gasteiger partial charge is 0.272 e. The number of hydrogen-bond donors (Lipinski definition) is 0. The Kier molecular flexibility index (Phi) is 1.87. The first kappa shape index (κ1) is 9.23. The molecule has 0 aromatic rings. The average molecular weight is 203 g/mol. The van der Waals surface area contributed by atoms with Crippen molar-refractivity contribution in [2.75, 3.05) is 7.05 Å². The zero-order valence-electron chi connectivity index (χ0n) is 7.36. The molecule has 0 aromatic carbocycles. The maximum absolute atomic E-state index is 12.3. The molecule has 6 heteroatoms. The molecule has 3 nitrogen and oxygen atoms in total. The Morgan fingerprint density at radius 3 is 2.79 bits per heavy atom. The summed E-state index contributed by atoms with van der Waals surface area (Å²) < 4.78 is 37.0. The Balaban J connectivity index is 2.26. The van der Waals surface area contributed by atoms with Gasteiger partial charge in [0.15, 0.2) is 0 Å². The van der Waals surface area contributed by atoms with Crippen molar-refractivity contribution >= 4 is 0 Å². The lowest BCUT2D eigenvalue weighted by atomic mass is 9.98. The summed E-state index contributed by atoms with van der Waals surface area (Å²) >= 11 is 0. The van der Waals surface area contributed by atoms with Crippen LogP contribution in [-0.4, -0.2) is 30.3 Å². The Morgan fingerprint density at radius 1 is 1.43 bits per heavy atom. The van der Waals surface area contributed by atoms with Crippen molar-refractivity contribution in [2.45, 2.75) is 18.3 Å². The number of likely N-dealkylation sites (N-methyl/N-ethyl adjacent to an activating group) is 1. The van der Waals surface area contributed by atoms with Crippen molar-refractivity contribution in [1.29, 1.82) is 0 Å². The Morgan fingerprint density at radius 2 is 2.14 bits per heavy atom. The van der Waals surface area contributed by atoms with E-state index in [9.17, 15) is 13.2 Å². The molecule has 0 amide bonds. The standard InChI is InChI=1S/C8H8F3N3/c1-14-7-4-5(8(9,10)11)2-3-6(7)12-13-14/h2-4,6-7H,1H3. The van der Waals surface area contributed by atoms with Gasteiger partial charge in [0.2, 0.25) is 0 Å². The highest BCUT2D eigenvalue weighted by atomic mass is 19.4. The molecule has 0 fully saturated rings. The molecule has 2 unspecified atom stereocenters. The number of rotatable bonds is 0. The van der Waals surface area contributed by atoms with Gasteiger partial charge < -0.3 is 0 Å². The van der Waals surface area contributed by atoms with Crippen LogP contribution >= 0.6 is 0 Å². The first-order valence-corrected chi connectivity index (χ1v) is 4.09. The van der Waals surface area contributed by atoms with Crippen molar-refractivity contribution < 1.29 is 13.2 Å². The third kappa shape index (κ3) is 1.40. The predicted octanol–water partition coefficient (Wildman–Crippen LogP) is 2.09. The van der Waals surface area contributed by atoms with Crippen LogP contribution in [0.4, 0.5) is 13.2 Å². The van der Waals surface area contributed by atoms with E-state index in [4.69, 9.17) is 0 Å². The quantitative estimate of drug-likeness (QED) is 0.592. The van der Waals surface area contributed by atoms with E-state index in [-0.39, 0.29) is 6.04 Å². The summed E-state index contributed by atoms with van der Waals surface area (Å²) in [6.07, 6.45) is -0.643. The molecular formula is C8H8F3N3. The van der Waals surface area contributed by atoms with Crippen LogP contribution in [0.25, 0.3) is 0 Å². The van der Waals surface area contributed by atoms with Crippen molar-refractivity contribution in [2.24, 2.45) is 10.3 Å². The molecule has 14 heavy (non-hydrogen) atoms. The topological polar surface area (TPSA) is 28.0 Å². The fraction of sp³-hybridized carbons (Fsp3) is 0.500. The molecule has 0 saturated carbocycles. The molecule has 0 N–H and O–H groups in total. The van der Waals surface area contributed by atoms with E-state index in [0.29, 0.717) is 0 Å². The predicted molar refractivity (Wildman–Crippen MR) is 43.5 cm³/mol. The van der Waals surface area contributed by atoms with E-state index in [0.717, 1.165) is 12.2 Å². The lowest BCUT2D eigenvalue weighted by molar-refractivity contribution is -0.0889. The van der Waals surface area contributed by atoms with Gasteiger partial charge in [0.25, 0.3) is 0 Å². The molecule has 1 heterocycles. The first-order valence-electron chi connectivity index (χ1n) is 4.09. The van der Waals surface area contributed by atoms with Gasteiger partial charge in [0.05, 0.1) is 11.6 Å². The van der Waals surface area contributed by atoms with Crippen molar-refractivity contribution in [3.05, 3.63) is 23.8 Å². The van der Waals surface area contributed by atoms with Gasteiger partial charge in [-0.1, -0.05) is 17.4 Å². The number of hydrogen-bond acceptors (Lipinski definition) is 3. The maximum atomic E-state index is 12.3. The summed E-state index contributed by atoms with van der Waals surface area (Å²) in [5, 5.41) is 8.93. The monoisotopic (exact) mass is 203 g/mol. The highest BCUT2D eigenvalue weighted by Crippen LogP contribution is 2.32. The van der Waals surface area contributed by atoms with Crippen molar-refractivity contribution in [3.63, 3.8) is 0 Å². The third-order valence-electron chi connectivity index (χ3n) is 2.26. The summed E-state index contributed by atoms with van der Waals surface area (Å²) in [6.45, 7) is 0. The van der Waals surface area contributed by atoms with E-state index < -0.39 is 17.8 Å². The van der Waals surface area contributed by atoms with Gasteiger partial charge in [-0.05, 0) is 6.08 Å². The minimum absolute atomic E-state index is 0.272. The van der Waals surface area contributed by atoms with E-state index in [1.807, 2.05) is 0 Å². The zero-order valence-corrected chi connectivity index (χ0v) is 7.36. The second-order valence-electron chi connectivity index (χ2n) is 3.24. The fourth-order valence-electron chi connectivity index (χ4n) is 1.48. The SMILES string of the molecule is CN1N=NC2C=CC(C(F)(F)F)=CC21. The van der Waals surface area contributed by atoms with Gasteiger partial charge in [-0.2, -0.15) is 18.3 Å². The Hall–Kier alpha value is -1.33. The molecule has 0 bridgehead atoms. The molecule has 0 spiro atoms. The molecule has 2 aliphatic rings. The average Bonchev–Trinajstić information content (AvgIpc) is 2.46. The van der Waals surface area contributed by atoms with Crippen LogP contribution < -0.4 is 0 Å². The Bertz CT molecular complexity index is 329. The molecule has 0 saturated heterocycles. The molecule has 76 valence electrons. The van der Waals surface area contributed by atoms with Crippen LogP contribution in [0.5, 0.6) is 0 Å². The molecular weight excluding hydrogens is 195 g/mol. The largest absolute Gasteiger partial charge is 0.416 e. The second kappa shape index (κ2) is 2.83. The van der Waals surface area contributed by atoms with Gasteiger partial charge in [-0.25, -0.2) is 0 Å². The Labute approximate surface area is 78.6 Å². The number of fused-ring (bicyclic) bond motifs is 1. The normalized spacial score (nSPS) is 30.6. The van der Waals surface area contributed by atoms with Crippen LogP contribution in [0.3, 0.4) is 0 Å². The summed E-state index contributed by atoms with van der Waals surface area (Å²) in [6, 6.07) is -0.664. The van der Waals surface area contributed by atoms with Crippen molar-refractivity contribution in [3.8, 4) is 0 Å². The van der Waals surface area contributed by atoms with Gasteiger partial charge in [-0.15, -0.1) is 0 Å². The van der Waals surface area contributed by atoms with E-state index in [1.54, 1.807) is 7.05 Å². The maximum Gasteiger partial charge on any atom is 0.416 e. The minimum atomic E-state index is -4.29. The molecule has 1 aliphatic carbocycles. The van der Waals surface area contributed by atoms with E-state index in [2.05, 4.69) is 10.3 Å². The van der Waals surface area contributed by atoms with Crippen LogP contribution in [-0.2, 0) is 0 Å². The summed E-state index contributed by atoms with van der Waals surface area (Å²) in [5.74, 6) is 0. The number of allylic oxidation sites excluding steroid dienone is 2. The van der Waals surface area contributed by atoms with Gasteiger partial charge in [-0.3, -0.25) is 5.01 Å². The molecule has 0 aromatic heterocycles. The molecule has 2 rings (SSSR count). The van der Waals surface area contributed by atoms with Gasteiger partial charge >= 0.3 is 6.18 Å². The van der Waals surface area contributed by atoms with Crippen LogP contribution in [0.2, 0.25) is 0 Å². The number of halogens is 3. The van der Waals surface area contributed by atoms with Crippen LogP contribution in [0, 0.1) is 0 Å². The van der Waals surface area contributed by atoms with E-state index >= 15 is 0 Å². The highest BCUT2D eigenvalue weighted by molar-refractivity contribution is 5.33. The van der Waals surface area contributed by atoms with Crippen LogP contribution in [0.15, 0.2) is 34.1 Å². The third-order valence-corrected chi connectivity index (χ3v) is 2.26. The summed E-state index contributed by atoms with van der Waals surface area (Å²) in [7, 11) is 1.61. The van der Waals surface area contributed by atoms with Crippen LogP contribution in [0.1, 0.15) is 0 Å². The lowest BCUT2D eigenvalue weighted by Crippen LogP contribution is -2.32. The second-order valence-corrected chi connectivity index (χ2v) is 3.24. The van der Waals surface area contributed by atoms with E-state index in [1.165, 1.54) is 11.1 Å². The van der Waals surface area contributed by atoms with Gasteiger partial charge in [0, 0.05) is 7.05 Å². The first-order chi connectivity index (χ1) is 6.48. The summed E-state index contributed by atoms with van der Waals surface area (Å²) in [4.78, 5) is 0. The fourth-order valence-corrected chi connectivity index (χ4v) is 1.48. The molecule has 1 aliphatic heterocycles. The highest BCUT2D eigenvalue weighted by Gasteiger charge is 2.38. The number of nitrogens with zero attached hydrogens (tertiary/aromatic N) is 3. The zero-order chi connectivity index (χ0) is 10.3. The van der Waals surface area contributed by atoms with Gasteiger partial charge in [0.1, 0.15) is 6.04 Å². The lowest BCUT2D eigenvalue weighted by Gasteiger charge is -2.22. The van der Waals surface area contributed by atoms with Crippen molar-refractivity contribution in [1.82, 2.24) is 5.01 Å². The minimum Gasteiger partial charge on any atom is -0.272 e. The summed E-state index contributed by atoms with van der Waals surface area (Å²) in [5.41, 5.74) is -0.627. The number of alkyl halides is 3. The molecule has 0 radical (unpaired) electrons.